The largest absolute Gasteiger partial charge is 0.492 e. The molecule has 25 heavy (non-hydrogen) atoms. The van der Waals surface area contributed by atoms with Crippen molar-refractivity contribution in [2.45, 2.75) is 20.3 Å². The molecule has 2 amide bonds. The first kappa shape index (κ1) is 19.1. The summed E-state index contributed by atoms with van der Waals surface area (Å²) in [7, 11) is 0. The minimum absolute atomic E-state index is 0.255. The lowest BCUT2D eigenvalue weighted by atomic mass is 10.1. The van der Waals surface area contributed by atoms with Crippen molar-refractivity contribution in [3.8, 4) is 5.75 Å². The quantitative estimate of drug-likeness (QED) is 0.729. The van der Waals surface area contributed by atoms with Crippen molar-refractivity contribution in [3.05, 3.63) is 63.9 Å². The zero-order chi connectivity index (χ0) is 18.2. The first-order valence-electron chi connectivity index (χ1n) is 8.11. The van der Waals surface area contributed by atoms with Crippen LogP contribution >= 0.6 is 11.6 Å². The molecule has 2 rings (SSSR count). The zero-order valence-corrected chi connectivity index (χ0v) is 15.1. The number of halogens is 2. The maximum Gasteiger partial charge on any atom is 0.314 e. The van der Waals surface area contributed by atoms with Gasteiger partial charge >= 0.3 is 6.03 Å². The van der Waals surface area contributed by atoms with E-state index in [-0.39, 0.29) is 11.8 Å². The number of carbonyl (C=O) groups is 1. The first-order chi connectivity index (χ1) is 12.0. The van der Waals surface area contributed by atoms with E-state index < -0.39 is 0 Å². The van der Waals surface area contributed by atoms with Gasteiger partial charge in [0.05, 0.1) is 6.54 Å². The van der Waals surface area contributed by atoms with Gasteiger partial charge in [0, 0.05) is 11.6 Å². The fourth-order valence-electron chi connectivity index (χ4n) is 2.36. The van der Waals surface area contributed by atoms with Crippen molar-refractivity contribution >= 4 is 17.6 Å². The fraction of sp³-hybridized carbons (Fsp3) is 0.316. The number of hydrogen-bond acceptors (Lipinski definition) is 2. The van der Waals surface area contributed by atoms with Crippen LogP contribution in [0.4, 0.5) is 9.18 Å². The van der Waals surface area contributed by atoms with Gasteiger partial charge in [-0.15, -0.1) is 0 Å². The average Bonchev–Trinajstić information content (AvgIpc) is 2.58. The van der Waals surface area contributed by atoms with Crippen LogP contribution in [0.25, 0.3) is 0 Å². The van der Waals surface area contributed by atoms with E-state index in [0.29, 0.717) is 26.1 Å². The molecule has 0 fully saturated rings. The molecule has 0 aliphatic carbocycles. The third-order valence-corrected chi connectivity index (χ3v) is 4.27. The number of amides is 2. The second-order valence-corrected chi connectivity index (χ2v) is 6.16. The third kappa shape index (κ3) is 6.27. The van der Waals surface area contributed by atoms with Crippen LogP contribution in [0.1, 0.15) is 16.7 Å². The Morgan fingerprint density at radius 2 is 1.68 bits per heavy atom. The van der Waals surface area contributed by atoms with Gasteiger partial charge in [0.15, 0.2) is 0 Å². The molecule has 0 radical (unpaired) electrons. The predicted molar refractivity (Wildman–Crippen MR) is 97.9 cm³/mol. The van der Waals surface area contributed by atoms with Gasteiger partial charge in [0.25, 0.3) is 0 Å². The van der Waals surface area contributed by atoms with Crippen molar-refractivity contribution in [1.82, 2.24) is 10.6 Å². The fourth-order valence-corrected chi connectivity index (χ4v) is 2.47. The van der Waals surface area contributed by atoms with Crippen LogP contribution in [-0.4, -0.2) is 25.7 Å². The summed E-state index contributed by atoms with van der Waals surface area (Å²) >= 11 is 6.11. The van der Waals surface area contributed by atoms with Gasteiger partial charge in [-0.25, -0.2) is 9.18 Å². The Morgan fingerprint density at radius 3 is 2.32 bits per heavy atom. The van der Waals surface area contributed by atoms with Crippen LogP contribution in [0.2, 0.25) is 5.02 Å². The lowest BCUT2D eigenvalue weighted by molar-refractivity contribution is 0.236. The van der Waals surface area contributed by atoms with Gasteiger partial charge in [-0.1, -0.05) is 23.7 Å². The summed E-state index contributed by atoms with van der Waals surface area (Å²) in [5.74, 6) is 0.471. The first-order valence-corrected chi connectivity index (χ1v) is 8.49. The molecule has 0 bridgehead atoms. The highest BCUT2D eigenvalue weighted by molar-refractivity contribution is 6.32. The second kappa shape index (κ2) is 9.28. The number of ether oxygens (including phenoxy) is 1. The van der Waals surface area contributed by atoms with Gasteiger partial charge in [-0.05, 0) is 61.2 Å². The van der Waals surface area contributed by atoms with Gasteiger partial charge < -0.3 is 15.4 Å². The average molecular weight is 365 g/mol. The van der Waals surface area contributed by atoms with Crippen molar-refractivity contribution in [2.75, 3.05) is 19.7 Å². The number of benzene rings is 2. The molecule has 2 aromatic rings. The monoisotopic (exact) mass is 364 g/mol. The maximum atomic E-state index is 12.8. The van der Waals surface area contributed by atoms with E-state index in [1.807, 2.05) is 26.0 Å². The summed E-state index contributed by atoms with van der Waals surface area (Å²) in [5, 5.41) is 6.22. The van der Waals surface area contributed by atoms with Crippen LogP contribution < -0.4 is 15.4 Å². The lowest BCUT2D eigenvalue weighted by Gasteiger charge is -2.11. The molecule has 6 heteroatoms. The van der Waals surface area contributed by atoms with Gasteiger partial charge in [-0.3, -0.25) is 0 Å². The Balaban J connectivity index is 1.63. The van der Waals surface area contributed by atoms with E-state index in [1.54, 1.807) is 12.1 Å². The normalized spacial score (nSPS) is 10.4. The Hall–Kier alpha value is -2.27. The molecule has 0 heterocycles. The van der Waals surface area contributed by atoms with Crippen LogP contribution in [0, 0.1) is 19.7 Å². The summed E-state index contributed by atoms with van der Waals surface area (Å²) in [6.07, 6.45) is 0.646. The number of carbonyl (C=O) groups excluding carboxylic acids is 1. The number of rotatable bonds is 7. The molecule has 0 aliphatic heterocycles. The summed E-state index contributed by atoms with van der Waals surface area (Å²) in [5.41, 5.74) is 2.89. The Labute approximate surface area is 152 Å². The molecule has 0 aromatic heterocycles. The summed E-state index contributed by atoms with van der Waals surface area (Å²) < 4.78 is 18.4. The van der Waals surface area contributed by atoms with Crippen molar-refractivity contribution in [1.29, 1.82) is 0 Å². The van der Waals surface area contributed by atoms with Crippen LogP contribution in [0.3, 0.4) is 0 Å². The molecule has 134 valence electrons. The van der Waals surface area contributed by atoms with Crippen molar-refractivity contribution in [3.63, 3.8) is 0 Å². The molecule has 0 spiro atoms. The van der Waals surface area contributed by atoms with Gasteiger partial charge in [0.1, 0.15) is 18.2 Å². The molecule has 0 atom stereocenters. The van der Waals surface area contributed by atoms with E-state index in [4.69, 9.17) is 16.3 Å². The Kier molecular flexibility index (Phi) is 7.07. The lowest BCUT2D eigenvalue weighted by Crippen LogP contribution is -2.38. The Bertz CT molecular complexity index is 697. The van der Waals surface area contributed by atoms with E-state index in [2.05, 4.69) is 10.6 Å². The van der Waals surface area contributed by atoms with E-state index in [9.17, 15) is 9.18 Å². The van der Waals surface area contributed by atoms with Crippen molar-refractivity contribution in [2.24, 2.45) is 0 Å². The molecular formula is C19H22ClFN2O2. The third-order valence-electron chi connectivity index (χ3n) is 3.68. The number of hydrogen-bond donors (Lipinski definition) is 2. The van der Waals surface area contributed by atoms with Crippen LogP contribution in [0.15, 0.2) is 36.4 Å². The molecule has 2 N–H and O–H groups in total. The molecule has 0 saturated carbocycles. The highest BCUT2D eigenvalue weighted by Crippen LogP contribution is 2.25. The molecule has 0 aliphatic rings. The van der Waals surface area contributed by atoms with Crippen molar-refractivity contribution < 1.29 is 13.9 Å². The Morgan fingerprint density at radius 1 is 1.08 bits per heavy atom. The smallest absolute Gasteiger partial charge is 0.314 e. The minimum atomic E-state index is -0.263. The maximum absolute atomic E-state index is 12.8. The van der Waals surface area contributed by atoms with Crippen LogP contribution in [0.5, 0.6) is 5.75 Å². The standard InChI is InChI=1S/C19H22ClFN2O2/c1-13-11-17(12-14(2)18(13)20)25-10-9-23-19(24)22-8-7-15-3-5-16(21)6-4-15/h3-6,11-12H,7-10H2,1-2H3,(H2,22,23,24). The van der Waals surface area contributed by atoms with E-state index in [0.717, 1.165) is 27.5 Å². The van der Waals surface area contributed by atoms with Gasteiger partial charge in [-0.2, -0.15) is 0 Å². The molecule has 4 nitrogen and oxygen atoms in total. The minimum Gasteiger partial charge on any atom is -0.492 e. The molecule has 2 aromatic carbocycles. The second-order valence-electron chi connectivity index (χ2n) is 5.78. The summed E-state index contributed by atoms with van der Waals surface area (Å²) in [4.78, 5) is 11.7. The van der Waals surface area contributed by atoms with E-state index >= 15 is 0 Å². The topological polar surface area (TPSA) is 50.4 Å². The summed E-state index contributed by atoms with van der Waals surface area (Å²) in [6.45, 7) is 5.09. The number of urea groups is 1. The SMILES string of the molecule is Cc1cc(OCCNC(=O)NCCc2ccc(F)cc2)cc(C)c1Cl. The number of nitrogens with one attached hydrogen (secondary N) is 2. The summed E-state index contributed by atoms with van der Waals surface area (Å²) in [6, 6.07) is 9.72. The molecule has 0 saturated heterocycles. The number of aryl methyl sites for hydroxylation is 2. The highest BCUT2D eigenvalue weighted by Gasteiger charge is 2.04. The predicted octanol–water partition coefficient (Wildman–Crippen LogP) is 4.02. The highest BCUT2D eigenvalue weighted by atomic mass is 35.5. The molecule has 0 unspecified atom stereocenters. The van der Waals surface area contributed by atoms with Gasteiger partial charge in [0.2, 0.25) is 0 Å². The van der Waals surface area contributed by atoms with Crippen LogP contribution in [-0.2, 0) is 6.42 Å². The zero-order valence-electron chi connectivity index (χ0n) is 14.4. The van der Waals surface area contributed by atoms with E-state index in [1.165, 1.54) is 12.1 Å². The molecular weight excluding hydrogens is 343 g/mol.